The van der Waals surface area contributed by atoms with Gasteiger partial charge in [0.1, 0.15) is 16.5 Å². The summed E-state index contributed by atoms with van der Waals surface area (Å²) < 4.78 is 9.06. The lowest BCUT2D eigenvalue weighted by Gasteiger charge is -2.24. The molecule has 2 unspecified atom stereocenters. The summed E-state index contributed by atoms with van der Waals surface area (Å²) in [5, 5.41) is 16.3. The summed E-state index contributed by atoms with van der Waals surface area (Å²) in [5.41, 5.74) is 1.55. The second kappa shape index (κ2) is 8.34. The molecule has 1 aromatic carbocycles. The van der Waals surface area contributed by atoms with Crippen molar-refractivity contribution >= 4 is 11.5 Å². The quantitative estimate of drug-likeness (QED) is 0.657. The molecule has 1 aromatic heterocycles. The number of para-hydroxylation sites is 1. The highest BCUT2D eigenvalue weighted by molar-refractivity contribution is 5.62. The van der Waals surface area contributed by atoms with E-state index in [1.165, 1.54) is 0 Å². The molecule has 2 atom stereocenters. The number of hydrogen-bond acceptors (Lipinski definition) is 6. The summed E-state index contributed by atoms with van der Waals surface area (Å²) in [6.45, 7) is 2.29. The third-order valence-electron chi connectivity index (χ3n) is 6.77. The number of ether oxygens (including phenoxy) is 1. The fourth-order valence-electron chi connectivity index (χ4n) is 5.01. The first-order valence-electron chi connectivity index (χ1n) is 11.3. The number of nitrogens with zero attached hydrogens (tertiary/aromatic N) is 3. The summed E-state index contributed by atoms with van der Waals surface area (Å²) in [5.74, 6) is 1.08. The van der Waals surface area contributed by atoms with Crippen molar-refractivity contribution in [2.75, 3.05) is 25.1 Å². The maximum Gasteiger partial charge on any atom is 0.267 e. The number of nitrogens with one attached hydrogen (secondary N) is 3. The van der Waals surface area contributed by atoms with E-state index < -0.39 is 0 Å². The zero-order valence-electron chi connectivity index (χ0n) is 17.9. The number of benzene rings is 1. The molecule has 3 heterocycles. The molecule has 164 valence electrons. The van der Waals surface area contributed by atoms with Gasteiger partial charge in [0.05, 0.1) is 12.1 Å². The molecule has 2 fully saturated rings. The van der Waals surface area contributed by atoms with Gasteiger partial charge >= 0.3 is 0 Å². The molecule has 8 nitrogen and oxygen atoms in total. The van der Waals surface area contributed by atoms with Crippen molar-refractivity contribution < 1.29 is 4.74 Å². The van der Waals surface area contributed by atoms with Crippen molar-refractivity contribution in [2.24, 2.45) is 18.0 Å². The van der Waals surface area contributed by atoms with Crippen LogP contribution in [0, 0.1) is 11.3 Å². The van der Waals surface area contributed by atoms with E-state index in [0.29, 0.717) is 22.6 Å². The van der Waals surface area contributed by atoms with Gasteiger partial charge in [-0.1, -0.05) is 18.2 Å². The molecule has 0 radical (unpaired) electrons. The van der Waals surface area contributed by atoms with Crippen LogP contribution in [-0.4, -0.2) is 34.9 Å². The van der Waals surface area contributed by atoms with E-state index in [1.54, 1.807) is 11.6 Å². The lowest BCUT2D eigenvalue weighted by molar-refractivity contribution is 0.0674. The van der Waals surface area contributed by atoms with Crippen LogP contribution in [0.3, 0.4) is 0 Å². The van der Waals surface area contributed by atoms with Gasteiger partial charge in [0.25, 0.3) is 5.56 Å². The van der Waals surface area contributed by atoms with Gasteiger partial charge in [-0.25, -0.2) is 4.99 Å². The minimum absolute atomic E-state index is 0.182. The fraction of sp³-hybridized carbons (Fsp3) is 0.522. The Morgan fingerprint density at radius 2 is 1.97 bits per heavy atom. The van der Waals surface area contributed by atoms with Crippen LogP contribution in [0.2, 0.25) is 0 Å². The number of rotatable bonds is 5. The zero-order chi connectivity index (χ0) is 21.4. The SMILES string of the molecule is Cn1c(=O)c(=C(NCC2CCOCC2)Nc2ccccc2)c(=N)n2c1=NC1CCCC12. The number of fused-ring (bicyclic) bond motifs is 3. The van der Waals surface area contributed by atoms with Crippen molar-refractivity contribution in [3.05, 3.63) is 57.0 Å². The van der Waals surface area contributed by atoms with E-state index >= 15 is 0 Å². The Kier molecular flexibility index (Phi) is 5.40. The third kappa shape index (κ3) is 3.69. The highest BCUT2D eigenvalue weighted by Crippen LogP contribution is 2.32. The largest absolute Gasteiger partial charge is 0.381 e. The van der Waals surface area contributed by atoms with E-state index in [0.717, 1.165) is 57.6 Å². The van der Waals surface area contributed by atoms with E-state index in [-0.39, 0.29) is 23.1 Å². The average molecular weight is 423 g/mol. The number of anilines is 1. The lowest BCUT2D eigenvalue weighted by atomic mass is 10.0. The molecular formula is C23H30N6O2. The molecule has 31 heavy (non-hydrogen) atoms. The molecule has 1 aliphatic carbocycles. The summed E-state index contributed by atoms with van der Waals surface area (Å²) >= 11 is 0. The van der Waals surface area contributed by atoms with Gasteiger partial charge in [0.15, 0.2) is 0 Å². The zero-order valence-corrected chi connectivity index (χ0v) is 17.9. The molecule has 2 aliphatic heterocycles. The van der Waals surface area contributed by atoms with Gasteiger partial charge in [-0.15, -0.1) is 0 Å². The normalized spacial score (nSPS) is 23.6. The highest BCUT2D eigenvalue weighted by Gasteiger charge is 2.35. The second-order valence-corrected chi connectivity index (χ2v) is 8.76. The first-order valence-corrected chi connectivity index (χ1v) is 11.3. The molecule has 8 heteroatoms. The van der Waals surface area contributed by atoms with Crippen LogP contribution in [0.15, 0.2) is 40.1 Å². The van der Waals surface area contributed by atoms with Crippen LogP contribution in [0.5, 0.6) is 0 Å². The van der Waals surface area contributed by atoms with Crippen molar-refractivity contribution in [1.82, 2.24) is 14.5 Å². The minimum Gasteiger partial charge on any atom is -0.381 e. The summed E-state index contributed by atoms with van der Waals surface area (Å²) in [7, 11) is 1.76. The molecule has 1 saturated heterocycles. The maximum absolute atomic E-state index is 13.4. The molecule has 0 amide bonds. The Bertz CT molecular complexity index is 1190. The molecular weight excluding hydrogens is 392 g/mol. The monoisotopic (exact) mass is 422 g/mol. The smallest absolute Gasteiger partial charge is 0.267 e. The first kappa shape index (κ1) is 20.1. The molecule has 0 bridgehead atoms. The van der Waals surface area contributed by atoms with Crippen LogP contribution < -0.4 is 32.5 Å². The molecule has 3 N–H and O–H groups in total. The number of hydrogen-bond donors (Lipinski definition) is 3. The molecule has 0 spiro atoms. The van der Waals surface area contributed by atoms with Crippen molar-refractivity contribution in [3.8, 4) is 0 Å². The van der Waals surface area contributed by atoms with Crippen LogP contribution in [0.25, 0.3) is 5.82 Å². The van der Waals surface area contributed by atoms with E-state index in [9.17, 15) is 4.79 Å². The van der Waals surface area contributed by atoms with Crippen LogP contribution >= 0.6 is 0 Å². The van der Waals surface area contributed by atoms with Crippen LogP contribution in [0.1, 0.15) is 38.1 Å². The van der Waals surface area contributed by atoms with Gasteiger partial charge < -0.3 is 15.4 Å². The minimum atomic E-state index is -0.196. The number of aromatic nitrogens is 2. The third-order valence-corrected chi connectivity index (χ3v) is 6.77. The Balaban J connectivity index is 1.63. The van der Waals surface area contributed by atoms with Crippen molar-refractivity contribution in [1.29, 1.82) is 5.41 Å². The van der Waals surface area contributed by atoms with E-state index in [4.69, 9.17) is 15.1 Å². The Hall–Kier alpha value is -2.87. The average Bonchev–Trinajstić information content (AvgIpc) is 3.39. The Morgan fingerprint density at radius 3 is 2.74 bits per heavy atom. The van der Waals surface area contributed by atoms with Gasteiger partial charge in [0, 0.05) is 32.5 Å². The first-order chi connectivity index (χ1) is 15.1. The second-order valence-electron chi connectivity index (χ2n) is 8.76. The van der Waals surface area contributed by atoms with E-state index in [2.05, 4.69) is 10.6 Å². The van der Waals surface area contributed by atoms with Crippen LogP contribution in [-0.2, 0) is 11.8 Å². The Morgan fingerprint density at radius 1 is 1.19 bits per heavy atom. The van der Waals surface area contributed by atoms with Gasteiger partial charge in [-0.3, -0.25) is 19.3 Å². The predicted molar refractivity (Wildman–Crippen MR) is 118 cm³/mol. The van der Waals surface area contributed by atoms with Crippen LogP contribution in [0.4, 0.5) is 5.69 Å². The maximum atomic E-state index is 13.4. The summed E-state index contributed by atoms with van der Waals surface area (Å²) in [4.78, 5) is 18.2. The molecule has 2 aromatic rings. The predicted octanol–water partition coefficient (Wildman–Crippen LogP) is 0.587. The lowest BCUT2D eigenvalue weighted by Crippen LogP contribution is -2.59. The van der Waals surface area contributed by atoms with Gasteiger partial charge in [-0.05, 0) is 50.2 Å². The van der Waals surface area contributed by atoms with E-state index in [1.807, 2.05) is 34.9 Å². The standard InChI is InChI=1S/C23H30N6O2/c1-28-22(30)19(20(24)29-18-9-5-8-17(18)27-23(28)29)21(26-16-6-3-2-4-7-16)25-14-15-10-12-31-13-11-15/h2-4,6-7,15,17-18,24-26H,5,8-14H2,1H3. The highest BCUT2D eigenvalue weighted by atomic mass is 16.5. The summed E-state index contributed by atoms with van der Waals surface area (Å²) in [6, 6.07) is 10.2. The Labute approximate surface area is 180 Å². The van der Waals surface area contributed by atoms with Crippen molar-refractivity contribution in [2.45, 2.75) is 44.2 Å². The molecule has 1 saturated carbocycles. The van der Waals surface area contributed by atoms with Crippen molar-refractivity contribution in [3.63, 3.8) is 0 Å². The molecule has 5 rings (SSSR count). The fourth-order valence-corrected chi connectivity index (χ4v) is 5.01. The van der Waals surface area contributed by atoms with Gasteiger partial charge in [0.2, 0.25) is 5.62 Å². The van der Waals surface area contributed by atoms with Gasteiger partial charge in [-0.2, -0.15) is 0 Å². The topological polar surface area (TPSA) is 96.4 Å². The molecule has 3 aliphatic rings. The summed E-state index contributed by atoms with van der Waals surface area (Å²) in [6.07, 6.45) is 5.14.